The Morgan fingerprint density at radius 1 is 0.886 bits per heavy atom. The van der Waals surface area contributed by atoms with Crippen LogP contribution in [0.2, 0.25) is 5.02 Å². The van der Waals surface area contributed by atoms with Crippen LogP contribution in [0, 0.1) is 13.8 Å². The Hall–Kier alpha value is -3.64. The molecule has 0 amide bonds. The number of benzene rings is 4. The second-order valence-electron chi connectivity index (χ2n) is 10.3. The zero-order valence-electron chi connectivity index (χ0n) is 23.7. The van der Waals surface area contributed by atoms with E-state index in [1.54, 1.807) is 16.7 Å². The smallest absolute Gasteiger partial charge is 0.272 e. The zero-order valence-corrected chi connectivity index (χ0v) is 26.1. The molecule has 0 fully saturated rings. The van der Waals surface area contributed by atoms with Crippen molar-refractivity contribution in [3.05, 3.63) is 136 Å². The molecule has 0 aliphatic carbocycles. The zero-order chi connectivity index (χ0) is 31.5. The minimum atomic E-state index is -4.71. The first-order valence-electron chi connectivity index (χ1n) is 13.5. The molecule has 5 aromatic rings. The number of alkyl halides is 3. The Morgan fingerprint density at radius 3 is 2.34 bits per heavy atom. The molecule has 228 valence electrons. The fourth-order valence-corrected chi connectivity index (χ4v) is 7.03. The van der Waals surface area contributed by atoms with E-state index in [9.17, 15) is 21.6 Å². The molecule has 1 aromatic heterocycles. The SMILES string of the molecule is Cc1cccc(CSc2nnc(C(Cc3ccccc3)NS(=O)(=O)c3cccc(C(F)(F)F)c3)n2-c2cc(Cl)ccc2C)c1. The molecule has 0 saturated heterocycles. The molecule has 1 atom stereocenters. The van der Waals surface area contributed by atoms with Gasteiger partial charge in [0.05, 0.1) is 22.2 Å². The fourth-order valence-electron chi connectivity index (χ4n) is 4.73. The number of thioether (sulfide) groups is 1. The summed E-state index contributed by atoms with van der Waals surface area (Å²) in [5.41, 5.74) is 3.40. The van der Waals surface area contributed by atoms with Crippen LogP contribution in [0.15, 0.2) is 107 Å². The van der Waals surface area contributed by atoms with E-state index in [0.717, 1.165) is 40.5 Å². The number of rotatable bonds is 10. The molecule has 0 aliphatic heterocycles. The Morgan fingerprint density at radius 2 is 1.61 bits per heavy atom. The summed E-state index contributed by atoms with van der Waals surface area (Å²) >= 11 is 7.84. The summed E-state index contributed by atoms with van der Waals surface area (Å²) < 4.78 is 72.0. The first-order valence-corrected chi connectivity index (χ1v) is 16.4. The van der Waals surface area contributed by atoms with Crippen LogP contribution in [-0.2, 0) is 28.4 Å². The summed E-state index contributed by atoms with van der Waals surface area (Å²) in [7, 11) is -4.44. The molecule has 0 bridgehead atoms. The second-order valence-corrected chi connectivity index (χ2v) is 13.4. The highest BCUT2D eigenvalue weighted by Gasteiger charge is 2.33. The van der Waals surface area contributed by atoms with Crippen molar-refractivity contribution >= 4 is 33.4 Å². The third kappa shape index (κ3) is 7.52. The Balaban J connectivity index is 1.61. The predicted molar refractivity (Wildman–Crippen MR) is 166 cm³/mol. The molecule has 6 nitrogen and oxygen atoms in total. The molecular formula is C32H28ClF3N4O2S2. The van der Waals surface area contributed by atoms with Gasteiger partial charge in [0.25, 0.3) is 0 Å². The molecule has 0 aliphatic rings. The van der Waals surface area contributed by atoms with Gasteiger partial charge in [0.15, 0.2) is 11.0 Å². The van der Waals surface area contributed by atoms with Gasteiger partial charge >= 0.3 is 6.18 Å². The van der Waals surface area contributed by atoms with E-state index in [1.165, 1.54) is 11.8 Å². The van der Waals surface area contributed by atoms with Gasteiger partial charge in [-0.1, -0.05) is 95.7 Å². The van der Waals surface area contributed by atoms with Gasteiger partial charge in [-0.25, -0.2) is 13.1 Å². The fraction of sp³-hybridized carbons (Fsp3) is 0.188. The lowest BCUT2D eigenvalue weighted by Gasteiger charge is -2.21. The van der Waals surface area contributed by atoms with Crippen LogP contribution in [0.5, 0.6) is 0 Å². The normalized spacial score (nSPS) is 12.8. The second kappa shape index (κ2) is 13.2. The van der Waals surface area contributed by atoms with Crippen molar-refractivity contribution in [1.82, 2.24) is 19.5 Å². The summed E-state index contributed by atoms with van der Waals surface area (Å²) in [5.74, 6) is 0.833. The first kappa shape index (κ1) is 31.8. The summed E-state index contributed by atoms with van der Waals surface area (Å²) in [5, 5.41) is 9.89. The molecule has 5 rings (SSSR count). The highest BCUT2D eigenvalue weighted by atomic mass is 35.5. The molecule has 0 radical (unpaired) electrons. The van der Waals surface area contributed by atoms with E-state index in [2.05, 4.69) is 21.0 Å². The lowest BCUT2D eigenvalue weighted by molar-refractivity contribution is -0.137. The average molecular weight is 657 g/mol. The van der Waals surface area contributed by atoms with Crippen LogP contribution in [0.25, 0.3) is 5.69 Å². The number of aromatic nitrogens is 3. The molecule has 0 spiro atoms. The van der Waals surface area contributed by atoms with E-state index >= 15 is 0 Å². The van der Waals surface area contributed by atoms with E-state index in [0.29, 0.717) is 27.7 Å². The van der Waals surface area contributed by atoms with E-state index in [4.69, 9.17) is 11.6 Å². The van der Waals surface area contributed by atoms with Crippen molar-refractivity contribution in [2.75, 3.05) is 0 Å². The van der Waals surface area contributed by atoms with Gasteiger partial charge in [-0.05, 0) is 67.3 Å². The Bertz CT molecular complexity index is 1880. The number of nitrogens with zero attached hydrogens (tertiary/aromatic N) is 3. The molecule has 0 saturated carbocycles. The van der Waals surface area contributed by atoms with Crippen LogP contribution < -0.4 is 4.72 Å². The molecule has 1 heterocycles. The van der Waals surface area contributed by atoms with Crippen molar-refractivity contribution in [2.24, 2.45) is 0 Å². The number of halogens is 4. The topological polar surface area (TPSA) is 76.9 Å². The number of nitrogens with one attached hydrogen (secondary N) is 1. The largest absolute Gasteiger partial charge is 0.416 e. The number of aryl methyl sites for hydroxylation is 2. The minimum absolute atomic E-state index is 0.152. The van der Waals surface area contributed by atoms with Crippen molar-refractivity contribution in [1.29, 1.82) is 0 Å². The van der Waals surface area contributed by atoms with Gasteiger partial charge in [-0.2, -0.15) is 13.2 Å². The number of hydrogen-bond donors (Lipinski definition) is 1. The lowest BCUT2D eigenvalue weighted by atomic mass is 10.1. The Kier molecular flexibility index (Phi) is 9.50. The van der Waals surface area contributed by atoms with E-state index in [1.807, 2.05) is 68.4 Å². The number of sulfonamides is 1. The quantitative estimate of drug-likeness (QED) is 0.154. The van der Waals surface area contributed by atoms with Crippen LogP contribution in [0.3, 0.4) is 0 Å². The van der Waals surface area contributed by atoms with Gasteiger partial charge < -0.3 is 0 Å². The summed E-state index contributed by atoms with van der Waals surface area (Å²) in [6.07, 6.45) is -4.55. The van der Waals surface area contributed by atoms with Crippen molar-refractivity contribution < 1.29 is 21.6 Å². The maximum absolute atomic E-state index is 13.6. The maximum Gasteiger partial charge on any atom is 0.416 e. The van der Waals surface area contributed by atoms with Gasteiger partial charge in [0.2, 0.25) is 10.0 Å². The predicted octanol–water partition coefficient (Wildman–Crippen LogP) is 8.11. The van der Waals surface area contributed by atoms with Crippen LogP contribution in [-0.4, -0.2) is 23.2 Å². The van der Waals surface area contributed by atoms with Crippen LogP contribution in [0.1, 0.15) is 39.7 Å². The van der Waals surface area contributed by atoms with E-state index in [-0.39, 0.29) is 12.2 Å². The highest BCUT2D eigenvalue weighted by Crippen LogP contribution is 2.34. The van der Waals surface area contributed by atoms with Crippen molar-refractivity contribution in [3.8, 4) is 5.69 Å². The highest BCUT2D eigenvalue weighted by molar-refractivity contribution is 7.98. The maximum atomic E-state index is 13.6. The van der Waals surface area contributed by atoms with Crippen LogP contribution in [0.4, 0.5) is 13.2 Å². The van der Waals surface area contributed by atoms with Gasteiger partial charge in [0.1, 0.15) is 0 Å². The summed E-state index contributed by atoms with van der Waals surface area (Å²) in [4.78, 5) is -0.510. The molecule has 1 unspecified atom stereocenters. The monoisotopic (exact) mass is 656 g/mol. The van der Waals surface area contributed by atoms with Crippen molar-refractivity contribution in [2.45, 2.75) is 48.3 Å². The summed E-state index contributed by atoms with van der Waals surface area (Å²) in [6, 6.07) is 25.2. The third-order valence-corrected chi connectivity index (χ3v) is 9.59. The van der Waals surface area contributed by atoms with Crippen molar-refractivity contribution in [3.63, 3.8) is 0 Å². The van der Waals surface area contributed by atoms with E-state index < -0.39 is 32.7 Å². The first-order chi connectivity index (χ1) is 20.9. The molecular weight excluding hydrogens is 629 g/mol. The van der Waals surface area contributed by atoms with Crippen LogP contribution >= 0.6 is 23.4 Å². The molecule has 4 aromatic carbocycles. The minimum Gasteiger partial charge on any atom is -0.272 e. The summed E-state index contributed by atoms with van der Waals surface area (Å²) in [6.45, 7) is 3.90. The third-order valence-electron chi connectivity index (χ3n) is 6.88. The van der Waals surface area contributed by atoms with Gasteiger partial charge in [0, 0.05) is 10.8 Å². The lowest BCUT2D eigenvalue weighted by Crippen LogP contribution is -2.32. The standard InChI is InChI=1S/C32H28ClF3N4O2S2/c1-21-8-6-11-24(16-21)20-43-31-38-37-30(40(31)29-19-26(33)15-14-22(29)2)28(17-23-9-4-3-5-10-23)39-44(41,42)27-13-7-12-25(18-27)32(34,35)36/h3-16,18-19,28,39H,17,20H2,1-2H3. The number of hydrogen-bond acceptors (Lipinski definition) is 5. The molecule has 44 heavy (non-hydrogen) atoms. The van der Waals surface area contributed by atoms with Gasteiger partial charge in [-0.3, -0.25) is 4.57 Å². The van der Waals surface area contributed by atoms with Gasteiger partial charge in [-0.15, -0.1) is 10.2 Å². The average Bonchev–Trinajstić information content (AvgIpc) is 3.41. The Labute approximate surface area is 263 Å². The molecule has 1 N–H and O–H groups in total. The molecule has 12 heteroatoms.